The molecular weight excluding hydrogens is 304 g/mol. The smallest absolute Gasteiger partial charge is 0.258 e. The van der Waals surface area contributed by atoms with Crippen LogP contribution in [0, 0.1) is 0 Å². The van der Waals surface area contributed by atoms with Crippen LogP contribution >= 0.6 is 0 Å². The van der Waals surface area contributed by atoms with Crippen LogP contribution in [0.1, 0.15) is 27.7 Å². The molecule has 5 heteroatoms. The Balaban J connectivity index is 1.78. The number of methoxy groups -OCH3 is 1. The van der Waals surface area contributed by atoms with Gasteiger partial charge in [-0.1, -0.05) is 12.1 Å². The fourth-order valence-corrected chi connectivity index (χ4v) is 3.36. The number of rotatable bonds is 3. The molecule has 0 bridgehead atoms. The van der Waals surface area contributed by atoms with Crippen molar-refractivity contribution in [2.45, 2.75) is 12.6 Å². The molecular formula is C19H18N2O3. The van der Waals surface area contributed by atoms with E-state index in [-0.39, 0.29) is 11.9 Å². The van der Waals surface area contributed by atoms with Gasteiger partial charge < -0.3 is 18.6 Å². The van der Waals surface area contributed by atoms with Crippen molar-refractivity contribution < 1.29 is 13.9 Å². The van der Waals surface area contributed by atoms with Crippen LogP contribution in [0.4, 0.5) is 0 Å². The maximum absolute atomic E-state index is 13.2. The number of amides is 1. The average Bonchev–Trinajstić information content (AvgIpc) is 3.31. The second-order valence-corrected chi connectivity index (χ2v) is 5.78. The van der Waals surface area contributed by atoms with Gasteiger partial charge in [-0.3, -0.25) is 4.79 Å². The van der Waals surface area contributed by atoms with E-state index in [1.165, 1.54) is 0 Å². The molecule has 0 spiro atoms. The predicted octanol–water partition coefficient (Wildman–Crippen LogP) is 3.34. The molecule has 122 valence electrons. The molecule has 0 unspecified atom stereocenters. The zero-order valence-corrected chi connectivity index (χ0v) is 13.4. The van der Waals surface area contributed by atoms with Crippen LogP contribution in [0.3, 0.4) is 0 Å². The highest BCUT2D eigenvalue weighted by molar-refractivity contribution is 5.97. The fourth-order valence-electron chi connectivity index (χ4n) is 3.36. The van der Waals surface area contributed by atoms with Gasteiger partial charge in [-0.15, -0.1) is 0 Å². The van der Waals surface area contributed by atoms with Crippen molar-refractivity contribution in [3.8, 4) is 5.75 Å². The first-order valence-electron chi connectivity index (χ1n) is 7.90. The summed E-state index contributed by atoms with van der Waals surface area (Å²) in [5.74, 6) is 0.556. The molecule has 24 heavy (non-hydrogen) atoms. The molecule has 0 N–H and O–H groups in total. The van der Waals surface area contributed by atoms with E-state index >= 15 is 0 Å². The first-order chi connectivity index (χ1) is 11.8. The average molecular weight is 322 g/mol. The summed E-state index contributed by atoms with van der Waals surface area (Å²) in [6, 6.07) is 13.2. The van der Waals surface area contributed by atoms with Crippen LogP contribution in [0.15, 0.2) is 65.6 Å². The Hall–Kier alpha value is -2.95. The van der Waals surface area contributed by atoms with E-state index < -0.39 is 0 Å². The first kappa shape index (κ1) is 14.6. The summed E-state index contributed by atoms with van der Waals surface area (Å²) in [5.41, 5.74) is 2.64. The summed E-state index contributed by atoms with van der Waals surface area (Å²) in [6.45, 7) is 1.41. The number of hydrogen-bond donors (Lipinski definition) is 0. The van der Waals surface area contributed by atoms with Gasteiger partial charge >= 0.3 is 0 Å². The van der Waals surface area contributed by atoms with E-state index in [9.17, 15) is 4.79 Å². The monoisotopic (exact) mass is 322 g/mol. The van der Waals surface area contributed by atoms with Crippen molar-refractivity contribution in [2.24, 2.45) is 0 Å². The lowest BCUT2D eigenvalue weighted by Gasteiger charge is -2.36. The Bertz CT molecular complexity index is 851. The van der Waals surface area contributed by atoms with Gasteiger partial charge in [0.05, 0.1) is 25.2 Å². The summed E-state index contributed by atoms with van der Waals surface area (Å²) < 4.78 is 12.8. The van der Waals surface area contributed by atoms with Crippen LogP contribution < -0.4 is 4.74 Å². The minimum Gasteiger partial charge on any atom is -0.496 e. The number of carbonyl (C=O) groups excluding carboxylic acids is 1. The van der Waals surface area contributed by atoms with Gasteiger partial charge in [0.1, 0.15) is 11.8 Å². The molecule has 0 saturated carbocycles. The third-order valence-electron chi connectivity index (χ3n) is 4.50. The number of nitrogens with zero attached hydrogens (tertiary/aromatic N) is 2. The van der Waals surface area contributed by atoms with Crippen LogP contribution in [0.2, 0.25) is 0 Å². The Morgan fingerprint density at radius 2 is 2.04 bits per heavy atom. The summed E-state index contributed by atoms with van der Waals surface area (Å²) in [5, 5.41) is 0. The molecule has 1 aromatic carbocycles. The maximum atomic E-state index is 13.2. The number of ether oxygens (including phenoxy) is 1. The van der Waals surface area contributed by atoms with E-state index in [1.807, 2.05) is 41.4 Å². The van der Waals surface area contributed by atoms with E-state index in [4.69, 9.17) is 9.15 Å². The third kappa shape index (κ3) is 2.29. The number of furan rings is 1. The normalized spacial score (nSPS) is 16.7. The number of benzene rings is 1. The minimum atomic E-state index is -0.162. The number of aromatic nitrogens is 1. The van der Waals surface area contributed by atoms with Gasteiger partial charge in [0, 0.05) is 30.5 Å². The maximum Gasteiger partial charge on any atom is 0.258 e. The number of fused-ring (bicyclic) bond motifs is 1. The molecule has 1 amide bonds. The Morgan fingerprint density at radius 3 is 2.83 bits per heavy atom. The van der Waals surface area contributed by atoms with Gasteiger partial charge in [-0.2, -0.15) is 0 Å². The lowest BCUT2D eigenvalue weighted by Crippen LogP contribution is -2.42. The van der Waals surface area contributed by atoms with Gasteiger partial charge in [-0.05, 0) is 30.3 Å². The highest BCUT2D eigenvalue weighted by Crippen LogP contribution is 2.34. The Labute approximate surface area is 140 Å². The summed E-state index contributed by atoms with van der Waals surface area (Å²) in [6.07, 6.45) is 5.39. The van der Waals surface area contributed by atoms with Crippen molar-refractivity contribution in [1.29, 1.82) is 0 Å². The van der Waals surface area contributed by atoms with Crippen molar-refractivity contribution in [3.05, 3.63) is 78.0 Å². The van der Waals surface area contributed by atoms with E-state index in [1.54, 1.807) is 25.7 Å². The molecule has 5 nitrogen and oxygen atoms in total. The molecule has 1 atom stereocenters. The van der Waals surface area contributed by atoms with Crippen LogP contribution in [-0.4, -0.2) is 29.0 Å². The standard InChI is InChI=1S/C19H18N2O3/c1-23-17-7-3-2-5-15(17)19(22)21-11-10-20-9-4-6-16(20)18(21)14-8-12-24-13-14/h2-9,12-13,18H,10-11H2,1H3/t18-/m0/s1. The Morgan fingerprint density at radius 1 is 1.17 bits per heavy atom. The van der Waals surface area contributed by atoms with Crippen LogP contribution in [-0.2, 0) is 6.54 Å². The lowest BCUT2D eigenvalue weighted by molar-refractivity contribution is 0.0660. The highest BCUT2D eigenvalue weighted by atomic mass is 16.5. The van der Waals surface area contributed by atoms with Gasteiger partial charge in [0.15, 0.2) is 0 Å². The molecule has 1 aliphatic heterocycles. The molecule has 3 heterocycles. The topological polar surface area (TPSA) is 47.6 Å². The molecule has 0 saturated heterocycles. The molecule has 0 aliphatic carbocycles. The first-order valence-corrected chi connectivity index (χ1v) is 7.90. The zero-order chi connectivity index (χ0) is 16.5. The number of carbonyl (C=O) groups is 1. The van der Waals surface area contributed by atoms with Gasteiger partial charge in [0.2, 0.25) is 0 Å². The molecule has 3 aromatic rings. The Kier molecular flexibility index (Phi) is 3.61. The fraction of sp³-hybridized carbons (Fsp3) is 0.211. The third-order valence-corrected chi connectivity index (χ3v) is 4.50. The van der Waals surface area contributed by atoms with Crippen LogP contribution in [0.5, 0.6) is 5.75 Å². The van der Waals surface area contributed by atoms with Crippen molar-refractivity contribution in [2.75, 3.05) is 13.7 Å². The van der Waals surface area contributed by atoms with E-state index in [2.05, 4.69) is 10.6 Å². The molecule has 2 aromatic heterocycles. The van der Waals surface area contributed by atoms with Crippen molar-refractivity contribution in [3.63, 3.8) is 0 Å². The van der Waals surface area contributed by atoms with E-state index in [0.717, 1.165) is 17.8 Å². The number of para-hydroxylation sites is 1. The second kappa shape index (κ2) is 5.92. The predicted molar refractivity (Wildman–Crippen MR) is 89.0 cm³/mol. The van der Waals surface area contributed by atoms with Crippen molar-refractivity contribution >= 4 is 5.91 Å². The highest BCUT2D eigenvalue weighted by Gasteiger charge is 2.34. The molecule has 0 fully saturated rings. The lowest BCUT2D eigenvalue weighted by atomic mass is 10.0. The van der Waals surface area contributed by atoms with Gasteiger partial charge in [0.25, 0.3) is 5.91 Å². The van der Waals surface area contributed by atoms with Crippen molar-refractivity contribution in [1.82, 2.24) is 9.47 Å². The summed E-state index contributed by atoms with van der Waals surface area (Å²) >= 11 is 0. The van der Waals surface area contributed by atoms with E-state index in [0.29, 0.717) is 17.9 Å². The minimum absolute atomic E-state index is 0.0360. The molecule has 4 rings (SSSR count). The molecule has 0 radical (unpaired) electrons. The van der Waals surface area contributed by atoms with Gasteiger partial charge in [-0.25, -0.2) is 0 Å². The summed E-state index contributed by atoms with van der Waals surface area (Å²) in [7, 11) is 1.58. The largest absolute Gasteiger partial charge is 0.496 e. The SMILES string of the molecule is COc1ccccc1C(=O)N1CCn2cccc2[C@@H]1c1ccoc1. The number of hydrogen-bond acceptors (Lipinski definition) is 3. The quantitative estimate of drug-likeness (QED) is 0.743. The van der Waals surface area contributed by atoms with Crippen LogP contribution in [0.25, 0.3) is 0 Å². The molecule has 1 aliphatic rings. The zero-order valence-electron chi connectivity index (χ0n) is 13.4. The summed E-state index contributed by atoms with van der Waals surface area (Å²) in [4.78, 5) is 15.1. The second-order valence-electron chi connectivity index (χ2n) is 5.78.